The first-order valence-electron chi connectivity index (χ1n) is 6.59. The Morgan fingerprint density at radius 3 is 2.27 bits per heavy atom. The second-order valence-corrected chi connectivity index (χ2v) is 5.17. The highest BCUT2D eigenvalue weighted by Gasteiger charge is 2.36. The summed E-state index contributed by atoms with van der Waals surface area (Å²) in [6, 6.07) is 0. The van der Waals surface area contributed by atoms with Gasteiger partial charge in [-0.05, 0) is 45.2 Å². The highest BCUT2D eigenvalue weighted by Crippen LogP contribution is 2.36. The normalized spacial score (nSPS) is 32.2. The summed E-state index contributed by atoms with van der Waals surface area (Å²) in [5.41, 5.74) is 6.31. The molecule has 1 aliphatic carbocycles. The Labute approximate surface area is 95.2 Å². The van der Waals surface area contributed by atoms with Crippen LogP contribution in [0.25, 0.3) is 0 Å². The summed E-state index contributed by atoms with van der Waals surface area (Å²) in [5, 5.41) is 0. The van der Waals surface area contributed by atoms with Gasteiger partial charge in [0.25, 0.3) is 0 Å². The molecule has 1 rings (SSSR count). The van der Waals surface area contributed by atoms with Gasteiger partial charge in [0.2, 0.25) is 0 Å². The number of nitrogens with zero attached hydrogens (tertiary/aromatic N) is 1. The fourth-order valence-electron chi connectivity index (χ4n) is 2.99. The van der Waals surface area contributed by atoms with Gasteiger partial charge in [-0.15, -0.1) is 0 Å². The zero-order valence-electron chi connectivity index (χ0n) is 10.8. The van der Waals surface area contributed by atoms with Gasteiger partial charge in [0.15, 0.2) is 0 Å². The quantitative estimate of drug-likeness (QED) is 0.759. The van der Waals surface area contributed by atoms with Crippen molar-refractivity contribution in [3.8, 4) is 0 Å². The molecule has 0 amide bonds. The summed E-state index contributed by atoms with van der Waals surface area (Å²) < 4.78 is 0. The molecule has 2 nitrogen and oxygen atoms in total. The van der Waals surface area contributed by atoms with Gasteiger partial charge < -0.3 is 5.73 Å². The zero-order valence-corrected chi connectivity index (χ0v) is 10.8. The Balaban J connectivity index is 2.50. The molecule has 0 heterocycles. The third-order valence-corrected chi connectivity index (χ3v) is 4.40. The largest absolute Gasteiger partial charge is 0.329 e. The standard InChI is InChI=1S/C13H28N2/c1-4-6-12-7-9-13(11-14,10-8-12)15(3)5-2/h12H,4-11,14H2,1-3H3. The van der Waals surface area contributed by atoms with Crippen molar-refractivity contribution in [2.24, 2.45) is 11.7 Å². The lowest BCUT2D eigenvalue weighted by atomic mass is 9.74. The molecule has 0 aromatic carbocycles. The van der Waals surface area contributed by atoms with Crippen LogP contribution in [-0.4, -0.2) is 30.6 Å². The van der Waals surface area contributed by atoms with E-state index in [4.69, 9.17) is 5.73 Å². The summed E-state index contributed by atoms with van der Waals surface area (Å²) >= 11 is 0. The monoisotopic (exact) mass is 212 g/mol. The number of nitrogens with two attached hydrogens (primary N) is 1. The van der Waals surface area contributed by atoms with Crippen LogP contribution in [0.2, 0.25) is 0 Å². The first-order valence-corrected chi connectivity index (χ1v) is 6.59. The molecule has 2 heteroatoms. The lowest BCUT2D eigenvalue weighted by molar-refractivity contribution is 0.0675. The minimum absolute atomic E-state index is 0.318. The van der Waals surface area contributed by atoms with E-state index in [9.17, 15) is 0 Å². The van der Waals surface area contributed by atoms with Crippen LogP contribution < -0.4 is 5.73 Å². The third-order valence-electron chi connectivity index (χ3n) is 4.40. The minimum Gasteiger partial charge on any atom is -0.329 e. The van der Waals surface area contributed by atoms with Crippen LogP contribution >= 0.6 is 0 Å². The highest BCUT2D eigenvalue weighted by molar-refractivity contribution is 4.94. The van der Waals surface area contributed by atoms with Gasteiger partial charge in [0, 0.05) is 12.1 Å². The van der Waals surface area contributed by atoms with Crippen LogP contribution in [0.5, 0.6) is 0 Å². The lowest BCUT2D eigenvalue weighted by Gasteiger charge is -2.45. The molecule has 1 aliphatic rings. The van der Waals surface area contributed by atoms with E-state index in [0.717, 1.165) is 19.0 Å². The maximum atomic E-state index is 5.99. The molecule has 1 fully saturated rings. The Morgan fingerprint density at radius 2 is 1.87 bits per heavy atom. The molecule has 15 heavy (non-hydrogen) atoms. The van der Waals surface area contributed by atoms with Gasteiger partial charge in [-0.2, -0.15) is 0 Å². The van der Waals surface area contributed by atoms with Crippen LogP contribution in [0, 0.1) is 5.92 Å². The molecule has 1 saturated carbocycles. The van der Waals surface area contributed by atoms with E-state index in [-0.39, 0.29) is 0 Å². The van der Waals surface area contributed by atoms with E-state index >= 15 is 0 Å². The van der Waals surface area contributed by atoms with Gasteiger partial charge in [0.05, 0.1) is 0 Å². The molecule has 0 bridgehead atoms. The molecule has 0 spiro atoms. The maximum Gasteiger partial charge on any atom is 0.0328 e. The number of hydrogen-bond acceptors (Lipinski definition) is 2. The lowest BCUT2D eigenvalue weighted by Crippen LogP contribution is -2.54. The van der Waals surface area contributed by atoms with Crippen molar-refractivity contribution in [1.29, 1.82) is 0 Å². The molecule has 2 N–H and O–H groups in total. The van der Waals surface area contributed by atoms with Gasteiger partial charge in [-0.25, -0.2) is 0 Å². The molecule has 0 unspecified atom stereocenters. The van der Waals surface area contributed by atoms with E-state index in [1.54, 1.807) is 0 Å². The molecule has 90 valence electrons. The summed E-state index contributed by atoms with van der Waals surface area (Å²) in [5.74, 6) is 0.972. The highest BCUT2D eigenvalue weighted by atomic mass is 15.2. The van der Waals surface area contributed by atoms with Crippen molar-refractivity contribution < 1.29 is 0 Å². The van der Waals surface area contributed by atoms with Crippen molar-refractivity contribution in [3.05, 3.63) is 0 Å². The predicted molar refractivity (Wildman–Crippen MR) is 67.0 cm³/mol. The smallest absolute Gasteiger partial charge is 0.0328 e. The maximum absolute atomic E-state index is 5.99. The zero-order chi connectivity index (χ0) is 11.3. The summed E-state index contributed by atoms with van der Waals surface area (Å²) in [6.07, 6.45) is 8.13. The SMILES string of the molecule is CCCC1CCC(CN)(N(C)CC)CC1. The fourth-order valence-corrected chi connectivity index (χ4v) is 2.99. The van der Waals surface area contributed by atoms with Crippen LogP contribution in [-0.2, 0) is 0 Å². The van der Waals surface area contributed by atoms with Crippen LogP contribution in [0.1, 0.15) is 52.4 Å². The van der Waals surface area contributed by atoms with E-state index in [1.807, 2.05) is 0 Å². The van der Waals surface area contributed by atoms with Crippen molar-refractivity contribution >= 4 is 0 Å². The number of rotatable bonds is 5. The second kappa shape index (κ2) is 5.86. The molecule has 0 aromatic heterocycles. The summed E-state index contributed by atoms with van der Waals surface area (Å²) in [6.45, 7) is 6.48. The van der Waals surface area contributed by atoms with Crippen molar-refractivity contribution in [2.45, 2.75) is 57.9 Å². The minimum atomic E-state index is 0.318. The molecule has 0 atom stereocenters. The van der Waals surface area contributed by atoms with Gasteiger partial charge >= 0.3 is 0 Å². The first kappa shape index (κ1) is 13.0. The van der Waals surface area contributed by atoms with Crippen LogP contribution in [0.4, 0.5) is 0 Å². The first-order chi connectivity index (χ1) is 7.18. The van der Waals surface area contributed by atoms with Crippen molar-refractivity contribution in [1.82, 2.24) is 4.90 Å². The van der Waals surface area contributed by atoms with E-state index in [0.29, 0.717) is 5.54 Å². The van der Waals surface area contributed by atoms with Crippen LogP contribution in [0.15, 0.2) is 0 Å². The fraction of sp³-hybridized carbons (Fsp3) is 1.00. The Hall–Kier alpha value is -0.0800. The van der Waals surface area contributed by atoms with Gasteiger partial charge in [-0.1, -0.05) is 26.7 Å². The Bertz CT molecular complexity index is 171. The molecule has 0 saturated heterocycles. The summed E-state index contributed by atoms with van der Waals surface area (Å²) in [4.78, 5) is 2.47. The molecule has 0 radical (unpaired) electrons. The van der Waals surface area contributed by atoms with Gasteiger partial charge in [-0.3, -0.25) is 4.90 Å². The number of likely N-dealkylation sites (N-methyl/N-ethyl adjacent to an activating group) is 1. The third kappa shape index (κ3) is 2.94. The molecular formula is C13H28N2. The van der Waals surface area contributed by atoms with Crippen LogP contribution in [0.3, 0.4) is 0 Å². The van der Waals surface area contributed by atoms with Crippen molar-refractivity contribution in [2.75, 3.05) is 20.1 Å². The summed E-state index contributed by atoms with van der Waals surface area (Å²) in [7, 11) is 2.23. The second-order valence-electron chi connectivity index (χ2n) is 5.17. The molecule has 0 aromatic rings. The Kier molecular flexibility index (Phi) is 5.07. The predicted octanol–water partition coefficient (Wildman–Crippen LogP) is 2.63. The van der Waals surface area contributed by atoms with E-state index in [2.05, 4.69) is 25.8 Å². The topological polar surface area (TPSA) is 29.3 Å². The number of hydrogen-bond donors (Lipinski definition) is 1. The molecule has 0 aliphatic heterocycles. The molecular weight excluding hydrogens is 184 g/mol. The van der Waals surface area contributed by atoms with E-state index in [1.165, 1.54) is 38.5 Å². The Morgan fingerprint density at radius 1 is 1.27 bits per heavy atom. The van der Waals surface area contributed by atoms with Gasteiger partial charge in [0.1, 0.15) is 0 Å². The average Bonchev–Trinajstić information content (AvgIpc) is 2.30. The van der Waals surface area contributed by atoms with E-state index < -0.39 is 0 Å². The van der Waals surface area contributed by atoms with Crippen molar-refractivity contribution in [3.63, 3.8) is 0 Å². The average molecular weight is 212 g/mol.